The van der Waals surface area contributed by atoms with Crippen molar-refractivity contribution in [2.45, 2.75) is 13.8 Å². The molecule has 0 atom stereocenters. The van der Waals surface area contributed by atoms with E-state index in [1.165, 1.54) is 17.2 Å². The van der Waals surface area contributed by atoms with Gasteiger partial charge in [-0.2, -0.15) is 0 Å². The maximum absolute atomic E-state index is 11.8. The van der Waals surface area contributed by atoms with Gasteiger partial charge in [0.25, 0.3) is 0 Å². The maximum atomic E-state index is 11.8. The first-order chi connectivity index (χ1) is 9.67. The highest BCUT2D eigenvalue weighted by Crippen LogP contribution is 2.16. The van der Waals surface area contributed by atoms with Crippen LogP contribution in [0.4, 0.5) is 15.4 Å². The minimum atomic E-state index is -0.389. The van der Waals surface area contributed by atoms with Gasteiger partial charge in [0, 0.05) is 13.1 Å². The highest BCUT2D eigenvalue weighted by molar-refractivity contribution is 5.98. The van der Waals surface area contributed by atoms with Crippen LogP contribution >= 0.6 is 0 Å². The highest BCUT2D eigenvalue weighted by atomic mass is 16.2. The number of nitrogens with one attached hydrogen (secondary N) is 3. The van der Waals surface area contributed by atoms with E-state index in [0.717, 1.165) is 0 Å². The average molecular weight is 277 g/mol. The number of fused-ring (bicyclic) bond motifs is 1. The monoisotopic (exact) mass is 277 g/mol. The first-order valence-corrected chi connectivity index (χ1v) is 6.18. The Labute approximate surface area is 114 Å². The van der Waals surface area contributed by atoms with E-state index in [1.807, 2.05) is 6.92 Å². The minimum absolute atomic E-state index is 0.254. The normalized spacial score (nSPS) is 10.3. The number of carbonyl (C=O) groups is 2. The molecule has 0 fully saturated rings. The molecular formula is C11H15N7O2. The van der Waals surface area contributed by atoms with Gasteiger partial charge in [-0.25, -0.2) is 29.1 Å². The average Bonchev–Trinajstić information content (AvgIpc) is 2.84. The highest BCUT2D eigenvalue weighted by Gasteiger charge is 2.15. The van der Waals surface area contributed by atoms with Gasteiger partial charge in [-0.15, -0.1) is 0 Å². The van der Waals surface area contributed by atoms with Gasteiger partial charge in [-0.3, -0.25) is 5.32 Å². The van der Waals surface area contributed by atoms with Crippen molar-refractivity contribution in [3.63, 3.8) is 0 Å². The Balaban J connectivity index is 2.34. The third kappa shape index (κ3) is 2.66. The van der Waals surface area contributed by atoms with Crippen molar-refractivity contribution in [3.8, 4) is 0 Å². The molecular weight excluding hydrogens is 262 g/mol. The number of hydrogen-bond acceptors (Lipinski definition) is 5. The largest absolute Gasteiger partial charge is 0.338 e. The molecule has 106 valence electrons. The van der Waals surface area contributed by atoms with Gasteiger partial charge in [-0.1, -0.05) is 0 Å². The number of anilines is 1. The molecule has 20 heavy (non-hydrogen) atoms. The van der Waals surface area contributed by atoms with E-state index in [-0.39, 0.29) is 17.9 Å². The van der Waals surface area contributed by atoms with Crippen molar-refractivity contribution in [1.29, 1.82) is 0 Å². The van der Waals surface area contributed by atoms with E-state index in [0.29, 0.717) is 24.3 Å². The van der Waals surface area contributed by atoms with Crippen molar-refractivity contribution in [2.24, 2.45) is 0 Å². The fourth-order valence-electron chi connectivity index (χ4n) is 1.62. The molecule has 2 aromatic rings. The van der Waals surface area contributed by atoms with Gasteiger partial charge in [0.15, 0.2) is 17.0 Å². The summed E-state index contributed by atoms with van der Waals surface area (Å²) in [7, 11) is 0. The second-order valence-electron chi connectivity index (χ2n) is 3.83. The molecule has 2 rings (SSSR count). The smallest absolute Gasteiger partial charge is 0.328 e. The van der Waals surface area contributed by atoms with E-state index in [2.05, 4.69) is 30.9 Å². The van der Waals surface area contributed by atoms with Gasteiger partial charge >= 0.3 is 12.1 Å². The lowest BCUT2D eigenvalue weighted by molar-refractivity contribution is 0.243. The van der Waals surface area contributed by atoms with Crippen LogP contribution in [0.5, 0.6) is 0 Å². The third-order valence-electron chi connectivity index (χ3n) is 2.45. The van der Waals surface area contributed by atoms with E-state index >= 15 is 0 Å². The maximum Gasteiger partial charge on any atom is 0.328 e. The van der Waals surface area contributed by atoms with Crippen LogP contribution < -0.4 is 16.0 Å². The Hall–Kier alpha value is -2.71. The van der Waals surface area contributed by atoms with E-state index in [1.54, 1.807) is 6.92 Å². The SMILES string of the molecule is CCNC(=O)Nc1ncnc2c1ncn2C(=O)NCC. The Morgan fingerprint density at radius 1 is 1.15 bits per heavy atom. The number of rotatable bonds is 3. The minimum Gasteiger partial charge on any atom is -0.338 e. The topological polar surface area (TPSA) is 114 Å². The van der Waals surface area contributed by atoms with Crippen molar-refractivity contribution in [3.05, 3.63) is 12.7 Å². The fraction of sp³-hybridized carbons (Fsp3) is 0.364. The summed E-state index contributed by atoms with van der Waals surface area (Å²) in [6.45, 7) is 4.61. The summed E-state index contributed by atoms with van der Waals surface area (Å²) < 4.78 is 1.27. The Kier molecular flexibility index (Phi) is 4.08. The second-order valence-corrected chi connectivity index (χ2v) is 3.83. The molecule has 0 radical (unpaired) electrons. The molecule has 0 aromatic carbocycles. The lowest BCUT2D eigenvalue weighted by Gasteiger charge is -2.06. The molecule has 9 nitrogen and oxygen atoms in total. The predicted octanol–water partition coefficient (Wildman–Crippen LogP) is 0.545. The van der Waals surface area contributed by atoms with Crippen LogP contribution in [0.3, 0.4) is 0 Å². The van der Waals surface area contributed by atoms with Gasteiger partial charge in [0.05, 0.1) is 0 Å². The molecule has 0 aliphatic rings. The molecule has 3 N–H and O–H groups in total. The molecule has 2 aromatic heterocycles. The van der Waals surface area contributed by atoms with Crippen LogP contribution in [-0.2, 0) is 0 Å². The molecule has 3 amide bonds. The Bertz CT molecular complexity index is 637. The van der Waals surface area contributed by atoms with Gasteiger partial charge in [0.1, 0.15) is 12.7 Å². The van der Waals surface area contributed by atoms with Crippen molar-refractivity contribution < 1.29 is 9.59 Å². The van der Waals surface area contributed by atoms with Gasteiger partial charge in [0.2, 0.25) is 0 Å². The zero-order valence-electron chi connectivity index (χ0n) is 11.2. The summed E-state index contributed by atoms with van der Waals surface area (Å²) in [5, 5.41) is 7.79. The van der Waals surface area contributed by atoms with Gasteiger partial charge < -0.3 is 10.6 Å². The van der Waals surface area contributed by atoms with Crippen molar-refractivity contribution in [2.75, 3.05) is 18.4 Å². The van der Waals surface area contributed by atoms with Crippen LogP contribution in [0, 0.1) is 0 Å². The number of amides is 3. The lowest BCUT2D eigenvalue weighted by Crippen LogP contribution is -2.29. The molecule has 0 saturated heterocycles. The number of aromatic nitrogens is 4. The van der Waals surface area contributed by atoms with Crippen LogP contribution in [0.25, 0.3) is 11.2 Å². The Morgan fingerprint density at radius 2 is 1.90 bits per heavy atom. The molecule has 0 bridgehead atoms. The first kappa shape index (κ1) is 13.7. The van der Waals surface area contributed by atoms with Crippen LogP contribution in [-0.4, -0.2) is 44.7 Å². The lowest BCUT2D eigenvalue weighted by atomic mass is 10.5. The number of imidazole rings is 1. The van der Waals surface area contributed by atoms with Crippen molar-refractivity contribution in [1.82, 2.24) is 30.2 Å². The van der Waals surface area contributed by atoms with E-state index in [4.69, 9.17) is 0 Å². The summed E-state index contributed by atoms with van der Waals surface area (Å²) in [6.07, 6.45) is 2.61. The summed E-state index contributed by atoms with van der Waals surface area (Å²) in [5.41, 5.74) is 0.683. The third-order valence-corrected chi connectivity index (χ3v) is 2.45. The number of carbonyl (C=O) groups excluding carboxylic acids is 2. The van der Waals surface area contributed by atoms with E-state index < -0.39 is 0 Å². The summed E-state index contributed by atoms with van der Waals surface area (Å²) in [4.78, 5) is 35.4. The zero-order chi connectivity index (χ0) is 14.5. The molecule has 0 aliphatic heterocycles. The molecule has 0 saturated carbocycles. The molecule has 2 heterocycles. The summed E-state index contributed by atoms with van der Waals surface area (Å²) >= 11 is 0. The number of hydrogen-bond donors (Lipinski definition) is 3. The molecule has 0 spiro atoms. The molecule has 9 heteroatoms. The van der Waals surface area contributed by atoms with Crippen LogP contribution in [0.2, 0.25) is 0 Å². The zero-order valence-corrected chi connectivity index (χ0v) is 11.2. The summed E-state index contributed by atoms with van der Waals surface area (Å²) in [5.74, 6) is 0.254. The quantitative estimate of drug-likeness (QED) is 0.758. The standard InChI is InChI=1S/C11H15N7O2/c1-3-12-10(19)17-8-7-9(15-5-14-8)18(6-16-7)11(20)13-4-2/h5-6H,3-4H2,1-2H3,(H,13,20)(H2,12,14,15,17,19). The molecule has 0 unspecified atom stereocenters. The van der Waals surface area contributed by atoms with Crippen LogP contribution in [0.15, 0.2) is 12.7 Å². The van der Waals surface area contributed by atoms with Gasteiger partial charge in [-0.05, 0) is 13.8 Å². The summed E-state index contributed by atoms with van der Waals surface area (Å²) in [6, 6.07) is -0.724. The predicted molar refractivity (Wildman–Crippen MR) is 72.5 cm³/mol. The molecule has 0 aliphatic carbocycles. The second kappa shape index (κ2) is 5.95. The van der Waals surface area contributed by atoms with Crippen molar-refractivity contribution >= 4 is 29.0 Å². The van der Waals surface area contributed by atoms with Crippen LogP contribution in [0.1, 0.15) is 13.8 Å². The Morgan fingerprint density at radius 3 is 2.60 bits per heavy atom. The van der Waals surface area contributed by atoms with E-state index in [9.17, 15) is 9.59 Å². The fourth-order valence-corrected chi connectivity index (χ4v) is 1.62. The number of urea groups is 1. The number of nitrogens with zero attached hydrogens (tertiary/aromatic N) is 4. The first-order valence-electron chi connectivity index (χ1n) is 6.18.